The summed E-state index contributed by atoms with van der Waals surface area (Å²) in [5.74, 6) is 1.69. The van der Waals surface area contributed by atoms with Crippen molar-refractivity contribution in [1.82, 2.24) is 0 Å². The lowest BCUT2D eigenvalue weighted by atomic mass is 10.2. The van der Waals surface area contributed by atoms with Crippen molar-refractivity contribution >= 4 is 6.21 Å². The van der Waals surface area contributed by atoms with Gasteiger partial charge in [-0.2, -0.15) is 0 Å². The Labute approximate surface area is 114 Å². The van der Waals surface area contributed by atoms with Crippen molar-refractivity contribution < 1.29 is 4.74 Å². The molecule has 0 saturated carbocycles. The molecule has 98 valence electrons. The zero-order valence-corrected chi connectivity index (χ0v) is 11.3. The smallest absolute Gasteiger partial charge is 0.128 e. The summed E-state index contributed by atoms with van der Waals surface area (Å²) in [7, 11) is 0. The van der Waals surface area contributed by atoms with E-state index in [-0.39, 0.29) is 0 Å². The molecular formula is C17H19NO. The van der Waals surface area contributed by atoms with Crippen LogP contribution >= 0.6 is 0 Å². The Morgan fingerprint density at radius 3 is 2.58 bits per heavy atom. The quantitative estimate of drug-likeness (QED) is 0.540. The van der Waals surface area contributed by atoms with E-state index in [1.165, 1.54) is 6.42 Å². The normalized spacial score (nSPS) is 10.8. The van der Waals surface area contributed by atoms with E-state index in [0.29, 0.717) is 0 Å². The van der Waals surface area contributed by atoms with Crippen LogP contribution in [-0.4, -0.2) is 12.8 Å². The van der Waals surface area contributed by atoms with Gasteiger partial charge in [0.1, 0.15) is 11.5 Å². The molecule has 0 aromatic heterocycles. The number of nitrogens with zero attached hydrogens (tertiary/aromatic N) is 1. The van der Waals surface area contributed by atoms with Crippen LogP contribution in [0.3, 0.4) is 0 Å². The second kappa shape index (κ2) is 7.37. The number of para-hydroxylation sites is 1. The summed E-state index contributed by atoms with van der Waals surface area (Å²) in [6, 6.07) is 17.8. The molecule has 0 radical (unpaired) electrons. The molecular weight excluding hydrogens is 234 g/mol. The zero-order valence-electron chi connectivity index (χ0n) is 11.3. The standard InChI is InChI=1S/C17H19NO/c1-2-3-12-18-14-15-8-7-11-17(13-15)19-16-9-5-4-6-10-16/h4-11,13-14H,2-3,12H2,1H3. The number of unbranched alkanes of at least 4 members (excludes halogenated alkanes) is 1. The summed E-state index contributed by atoms with van der Waals surface area (Å²) in [6.07, 6.45) is 4.22. The molecule has 0 N–H and O–H groups in total. The molecule has 0 amide bonds. The molecule has 0 bridgehead atoms. The van der Waals surface area contributed by atoms with Gasteiger partial charge in [-0.05, 0) is 36.2 Å². The lowest BCUT2D eigenvalue weighted by Gasteiger charge is -2.05. The Morgan fingerprint density at radius 2 is 1.79 bits per heavy atom. The fourth-order valence-electron chi connectivity index (χ4n) is 1.70. The highest BCUT2D eigenvalue weighted by molar-refractivity contribution is 5.80. The number of benzene rings is 2. The van der Waals surface area contributed by atoms with E-state index >= 15 is 0 Å². The monoisotopic (exact) mass is 253 g/mol. The molecule has 2 heteroatoms. The zero-order chi connectivity index (χ0) is 13.3. The third-order valence-electron chi connectivity index (χ3n) is 2.72. The number of ether oxygens (including phenoxy) is 1. The number of hydrogen-bond donors (Lipinski definition) is 0. The maximum Gasteiger partial charge on any atom is 0.128 e. The average molecular weight is 253 g/mol. The van der Waals surface area contributed by atoms with Crippen LogP contribution in [0.5, 0.6) is 11.5 Å². The topological polar surface area (TPSA) is 21.6 Å². The Morgan fingerprint density at radius 1 is 1.00 bits per heavy atom. The third-order valence-corrected chi connectivity index (χ3v) is 2.72. The van der Waals surface area contributed by atoms with E-state index in [1.54, 1.807) is 0 Å². The van der Waals surface area contributed by atoms with Crippen LogP contribution in [0.2, 0.25) is 0 Å². The summed E-state index contributed by atoms with van der Waals surface area (Å²) in [5, 5.41) is 0. The van der Waals surface area contributed by atoms with Crippen LogP contribution in [0, 0.1) is 0 Å². The molecule has 0 aliphatic carbocycles. The minimum Gasteiger partial charge on any atom is -0.457 e. The van der Waals surface area contributed by atoms with Crippen LogP contribution in [-0.2, 0) is 0 Å². The molecule has 0 unspecified atom stereocenters. The van der Waals surface area contributed by atoms with Crippen molar-refractivity contribution in [3.05, 3.63) is 60.2 Å². The van der Waals surface area contributed by atoms with Crippen LogP contribution in [0.1, 0.15) is 25.3 Å². The van der Waals surface area contributed by atoms with Gasteiger partial charge < -0.3 is 4.74 Å². The maximum absolute atomic E-state index is 5.78. The fourth-order valence-corrected chi connectivity index (χ4v) is 1.70. The van der Waals surface area contributed by atoms with Gasteiger partial charge in [-0.15, -0.1) is 0 Å². The third kappa shape index (κ3) is 4.59. The number of rotatable bonds is 6. The molecule has 0 heterocycles. The van der Waals surface area contributed by atoms with Gasteiger partial charge >= 0.3 is 0 Å². The average Bonchev–Trinajstić information content (AvgIpc) is 2.45. The second-order valence-corrected chi connectivity index (χ2v) is 4.38. The first-order valence-corrected chi connectivity index (χ1v) is 6.71. The van der Waals surface area contributed by atoms with Crippen molar-refractivity contribution in [2.75, 3.05) is 6.54 Å². The first-order chi connectivity index (χ1) is 9.38. The summed E-state index contributed by atoms with van der Waals surface area (Å²) in [6.45, 7) is 3.06. The second-order valence-electron chi connectivity index (χ2n) is 4.38. The molecule has 0 aliphatic rings. The van der Waals surface area contributed by atoms with Gasteiger partial charge in [-0.1, -0.05) is 43.7 Å². The summed E-state index contributed by atoms with van der Waals surface area (Å²) >= 11 is 0. The predicted molar refractivity (Wildman–Crippen MR) is 80.3 cm³/mol. The van der Waals surface area contributed by atoms with Crippen molar-refractivity contribution in [2.24, 2.45) is 4.99 Å². The largest absolute Gasteiger partial charge is 0.457 e. The van der Waals surface area contributed by atoms with Gasteiger partial charge in [0.15, 0.2) is 0 Å². The van der Waals surface area contributed by atoms with Crippen molar-refractivity contribution in [1.29, 1.82) is 0 Å². The van der Waals surface area contributed by atoms with E-state index in [0.717, 1.165) is 30.0 Å². The van der Waals surface area contributed by atoms with Gasteiger partial charge in [-0.3, -0.25) is 4.99 Å². The molecule has 0 spiro atoms. The molecule has 19 heavy (non-hydrogen) atoms. The van der Waals surface area contributed by atoms with E-state index in [4.69, 9.17) is 4.74 Å². The number of hydrogen-bond acceptors (Lipinski definition) is 2. The minimum atomic E-state index is 0.839. The Hall–Kier alpha value is -2.09. The Balaban J connectivity index is 2.01. The SMILES string of the molecule is CCCCN=Cc1cccc(Oc2ccccc2)c1. The first-order valence-electron chi connectivity index (χ1n) is 6.71. The highest BCUT2D eigenvalue weighted by atomic mass is 16.5. The predicted octanol–water partition coefficient (Wildman–Crippen LogP) is 4.70. The summed E-state index contributed by atoms with van der Waals surface area (Å²) in [5.41, 5.74) is 1.07. The van der Waals surface area contributed by atoms with Crippen LogP contribution < -0.4 is 4.74 Å². The van der Waals surface area contributed by atoms with Gasteiger partial charge in [0.25, 0.3) is 0 Å². The van der Waals surface area contributed by atoms with Crippen LogP contribution in [0.4, 0.5) is 0 Å². The van der Waals surface area contributed by atoms with Gasteiger partial charge in [0.05, 0.1) is 0 Å². The van der Waals surface area contributed by atoms with Crippen LogP contribution in [0.25, 0.3) is 0 Å². The van der Waals surface area contributed by atoms with Crippen molar-refractivity contribution in [3.63, 3.8) is 0 Å². The Kier molecular flexibility index (Phi) is 5.17. The maximum atomic E-state index is 5.78. The van der Waals surface area contributed by atoms with Gasteiger partial charge in [0.2, 0.25) is 0 Å². The van der Waals surface area contributed by atoms with E-state index in [2.05, 4.69) is 11.9 Å². The molecule has 0 fully saturated rings. The molecule has 2 rings (SSSR count). The molecule has 0 saturated heterocycles. The summed E-state index contributed by atoms with van der Waals surface area (Å²) < 4.78 is 5.78. The first kappa shape index (κ1) is 13.3. The Bertz CT molecular complexity index is 520. The minimum absolute atomic E-state index is 0.839. The van der Waals surface area contributed by atoms with Crippen molar-refractivity contribution in [2.45, 2.75) is 19.8 Å². The molecule has 2 nitrogen and oxygen atoms in total. The fraction of sp³-hybridized carbons (Fsp3) is 0.235. The molecule has 2 aromatic rings. The number of aliphatic imine (C=N–C) groups is 1. The summed E-state index contributed by atoms with van der Waals surface area (Å²) in [4.78, 5) is 4.40. The lowest BCUT2D eigenvalue weighted by Crippen LogP contribution is -1.87. The highest BCUT2D eigenvalue weighted by Crippen LogP contribution is 2.21. The van der Waals surface area contributed by atoms with Gasteiger partial charge in [0, 0.05) is 12.8 Å². The lowest BCUT2D eigenvalue weighted by molar-refractivity contribution is 0.482. The molecule has 0 atom stereocenters. The molecule has 2 aromatic carbocycles. The molecule has 0 aliphatic heterocycles. The van der Waals surface area contributed by atoms with E-state index < -0.39 is 0 Å². The van der Waals surface area contributed by atoms with Crippen LogP contribution in [0.15, 0.2) is 59.6 Å². The van der Waals surface area contributed by atoms with Crippen molar-refractivity contribution in [3.8, 4) is 11.5 Å². The van der Waals surface area contributed by atoms with E-state index in [9.17, 15) is 0 Å². The van der Waals surface area contributed by atoms with Gasteiger partial charge in [-0.25, -0.2) is 0 Å². The highest BCUT2D eigenvalue weighted by Gasteiger charge is 1.97. The van der Waals surface area contributed by atoms with E-state index in [1.807, 2.05) is 60.8 Å².